The molecule has 90 valence electrons. The topological polar surface area (TPSA) is 66.4 Å². The number of hydrogen-bond acceptors (Lipinski definition) is 3. The van der Waals surface area contributed by atoms with Gasteiger partial charge in [0.1, 0.15) is 10.3 Å². The van der Waals surface area contributed by atoms with Crippen LogP contribution in [0.2, 0.25) is 0 Å². The normalized spacial score (nSPS) is 15.6. The Morgan fingerprint density at radius 2 is 2.06 bits per heavy atom. The van der Waals surface area contributed by atoms with Crippen molar-refractivity contribution < 1.29 is 17.9 Å². The number of alkyl halides is 1. The molecule has 1 aromatic carbocycles. The number of rotatable bonds is 3. The van der Waals surface area contributed by atoms with Gasteiger partial charge in [0.2, 0.25) is 10.0 Å². The van der Waals surface area contributed by atoms with Gasteiger partial charge in [-0.25, -0.2) is 12.8 Å². The van der Waals surface area contributed by atoms with Crippen molar-refractivity contribution in [1.82, 2.24) is 0 Å². The van der Waals surface area contributed by atoms with E-state index in [1.54, 1.807) is 0 Å². The number of hydrogen-bond donors (Lipinski definition) is 2. The molecule has 0 aliphatic rings. The van der Waals surface area contributed by atoms with Crippen molar-refractivity contribution in [1.29, 1.82) is 0 Å². The first kappa shape index (κ1) is 13.4. The van der Waals surface area contributed by atoms with Gasteiger partial charge in [0.15, 0.2) is 0 Å². The van der Waals surface area contributed by atoms with Crippen LogP contribution in [-0.4, -0.2) is 19.8 Å². The summed E-state index contributed by atoms with van der Waals surface area (Å²) in [5.41, 5.74) is 0.153. The van der Waals surface area contributed by atoms with E-state index in [2.05, 4.69) is 15.9 Å². The first-order valence-corrected chi connectivity index (χ1v) is 6.97. The lowest BCUT2D eigenvalue weighted by atomic mass is 10.1. The summed E-state index contributed by atoms with van der Waals surface area (Å²) in [7, 11) is -3.55. The number of nitrogens with one attached hydrogen (secondary N) is 1. The van der Waals surface area contributed by atoms with Crippen LogP contribution < -0.4 is 4.72 Å². The molecular weight excluding hydrogens is 301 g/mol. The fourth-order valence-corrected chi connectivity index (χ4v) is 1.89. The van der Waals surface area contributed by atoms with Crippen LogP contribution in [0.1, 0.15) is 12.5 Å². The minimum Gasteiger partial charge on any atom is -0.375 e. The highest BCUT2D eigenvalue weighted by Gasteiger charge is 2.20. The molecule has 0 saturated heterocycles. The monoisotopic (exact) mass is 311 g/mol. The third kappa shape index (κ3) is 3.73. The molecule has 1 atom stereocenters. The lowest BCUT2D eigenvalue weighted by Gasteiger charge is -2.17. The molecule has 0 aliphatic carbocycles. The first-order valence-electron chi connectivity index (χ1n) is 4.29. The first-order chi connectivity index (χ1) is 7.09. The molecule has 4 nitrogen and oxygen atoms in total. The van der Waals surface area contributed by atoms with Gasteiger partial charge < -0.3 is 5.11 Å². The standard InChI is InChI=1S/C9H11BrFNO3S/c1-9(10,13)6-3-4-7(11)8(5-6)12-16(2,14)15/h3-5,12-13H,1-2H3/t9-/m1/s1. The highest BCUT2D eigenvalue weighted by atomic mass is 79.9. The maximum Gasteiger partial charge on any atom is 0.229 e. The van der Waals surface area contributed by atoms with Gasteiger partial charge in [0.25, 0.3) is 0 Å². The lowest BCUT2D eigenvalue weighted by molar-refractivity contribution is 0.167. The van der Waals surface area contributed by atoms with Crippen molar-refractivity contribution in [2.45, 2.75) is 11.4 Å². The molecule has 0 aromatic heterocycles. The van der Waals surface area contributed by atoms with E-state index in [-0.39, 0.29) is 5.69 Å². The third-order valence-electron chi connectivity index (χ3n) is 1.79. The maximum atomic E-state index is 13.3. The van der Waals surface area contributed by atoms with Gasteiger partial charge in [-0.1, -0.05) is 6.07 Å². The third-order valence-corrected chi connectivity index (χ3v) is 2.84. The Kier molecular flexibility index (Phi) is 3.61. The molecule has 7 heteroatoms. The molecule has 1 rings (SSSR count). The summed E-state index contributed by atoms with van der Waals surface area (Å²) >= 11 is 2.98. The van der Waals surface area contributed by atoms with Crippen LogP contribution in [0, 0.1) is 5.82 Å². The van der Waals surface area contributed by atoms with Crippen molar-refractivity contribution >= 4 is 31.6 Å². The van der Waals surface area contributed by atoms with Gasteiger partial charge in [-0.05, 0) is 40.5 Å². The minimum absolute atomic E-state index is 0.195. The molecule has 1 aromatic rings. The van der Waals surface area contributed by atoms with Crippen LogP contribution in [0.4, 0.5) is 10.1 Å². The predicted octanol–water partition coefficient (Wildman–Crippen LogP) is 1.76. The quantitative estimate of drug-likeness (QED) is 0.836. The number of anilines is 1. The summed E-state index contributed by atoms with van der Waals surface area (Å²) in [4.78, 5) is 0. The van der Waals surface area contributed by atoms with Crippen molar-refractivity contribution in [3.8, 4) is 0 Å². The zero-order chi connectivity index (χ0) is 12.6. The smallest absolute Gasteiger partial charge is 0.229 e. The van der Waals surface area contributed by atoms with E-state index < -0.39 is 20.4 Å². The summed E-state index contributed by atoms with van der Waals surface area (Å²) in [6.45, 7) is 1.45. The van der Waals surface area contributed by atoms with Crippen LogP contribution in [0.5, 0.6) is 0 Å². The molecular formula is C9H11BrFNO3S. The molecule has 16 heavy (non-hydrogen) atoms. The van der Waals surface area contributed by atoms with Gasteiger partial charge in [0.05, 0.1) is 11.9 Å². The predicted molar refractivity (Wildman–Crippen MR) is 63.4 cm³/mol. The highest BCUT2D eigenvalue weighted by molar-refractivity contribution is 9.09. The fraction of sp³-hybridized carbons (Fsp3) is 0.333. The van der Waals surface area contributed by atoms with E-state index in [4.69, 9.17) is 0 Å². The van der Waals surface area contributed by atoms with E-state index in [0.717, 1.165) is 12.3 Å². The molecule has 0 bridgehead atoms. The van der Waals surface area contributed by atoms with Gasteiger partial charge in [-0.3, -0.25) is 4.72 Å². The van der Waals surface area contributed by atoms with Gasteiger partial charge in [-0.2, -0.15) is 0 Å². The second-order valence-corrected chi connectivity index (χ2v) is 6.81. The molecule has 0 saturated carbocycles. The lowest BCUT2D eigenvalue weighted by Crippen LogP contribution is -2.14. The molecule has 0 spiro atoms. The Balaban J connectivity index is 3.20. The Hall–Kier alpha value is -0.660. The van der Waals surface area contributed by atoms with Crippen LogP contribution in [0.15, 0.2) is 18.2 Å². The maximum absolute atomic E-state index is 13.3. The van der Waals surface area contributed by atoms with Crippen LogP contribution >= 0.6 is 15.9 Å². The SMILES string of the molecule is C[C@](O)(Br)c1ccc(F)c(NS(C)(=O)=O)c1. The molecule has 0 heterocycles. The Bertz CT molecular complexity index is 496. The van der Waals surface area contributed by atoms with Gasteiger partial charge >= 0.3 is 0 Å². The average Bonchev–Trinajstić information content (AvgIpc) is 2.04. The Morgan fingerprint density at radius 1 is 1.50 bits per heavy atom. The van der Waals surface area contributed by atoms with Crippen molar-refractivity contribution in [2.24, 2.45) is 0 Å². The number of benzene rings is 1. The summed E-state index contributed by atoms with van der Waals surface area (Å²) in [6, 6.07) is 3.67. The summed E-state index contributed by atoms with van der Waals surface area (Å²) < 4.78 is 35.9. The minimum atomic E-state index is -3.55. The molecule has 0 fully saturated rings. The largest absolute Gasteiger partial charge is 0.375 e. The number of sulfonamides is 1. The molecule has 0 amide bonds. The van der Waals surface area contributed by atoms with Crippen LogP contribution in [0.25, 0.3) is 0 Å². The van der Waals surface area contributed by atoms with Crippen molar-refractivity contribution in [3.05, 3.63) is 29.6 Å². The van der Waals surface area contributed by atoms with Crippen LogP contribution in [0.3, 0.4) is 0 Å². The zero-order valence-electron chi connectivity index (χ0n) is 8.66. The molecule has 0 radical (unpaired) electrons. The van der Waals surface area contributed by atoms with E-state index in [1.165, 1.54) is 19.1 Å². The van der Waals surface area contributed by atoms with Crippen molar-refractivity contribution in [2.75, 3.05) is 11.0 Å². The van der Waals surface area contributed by atoms with Crippen molar-refractivity contribution in [3.63, 3.8) is 0 Å². The van der Waals surface area contributed by atoms with E-state index in [0.29, 0.717) is 5.56 Å². The van der Waals surface area contributed by atoms with E-state index in [1.807, 2.05) is 4.72 Å². The second-order valence-electron chi connectivity index (χ2n) is 3.52. The van der Waals surface area contributed by atoms with E-state index >= 15 is 0 Å². The van der Waals surface area contributed by atoms with E-state index in [9.17, 15) is 17.9 Å². The summed E-state index contributed by atoms with van der Waals surface area (Å²) in [5, 5.41) is 9.62. The summed E-state index contributed by atoms with van der Waals surface area (Å²) in [5.74, 6) is -0.703. The second kappa shape index (κ2) is 4.31. The Morgan fingerprint density at radius 3 is 2.50 bits per heavy atom. The number of aliphatic hydroxyl groups is 1. The van der Waals surface area contributed by atoms with Gasteiger partial charge in [0, 0.05) is 0 Å². The molecule has 0 unspecified atom stereocenters. The zero-order valence-corrected chi connectivity index (χ0v) is 11.1. The molecule has 0 aliphatic heterocycles. The van der Waals surface area contributed by atoms with Crippen LogP contribution in [-0.2, 0) is 14.5 Å². The van der Waals surface area contributed by atoms with Gasteiger partial charge in [-0.15, -0.1) is 0 Å². The average molecular weight is 312 g/mol. The number of halogens is 2. The highest BCUT2D eigenvalue weighted by Crippen LogP contribution is 2.30. The molecule has 2 N–H and O–H groups in total. The fourth-order valence-electron chi connectivity index (χ4n) is 1.09. The Labute approximate surface area is 102 Å². The summed E-state index contributed by atoms with van der Waals surface area (Å²) in [6.07, 6.45) is 0.922.